The van der Waals surface area contributed by atoms with Gasteiger partial charge in [0, 0.05) is 28.0 Å². The predicted molar refractivity (Wildman–Crippen MR) is 127 cm³/mol. The first kappa shape index (κ1) is 21.1. The van der Waals surface area contributed by atoms with Crippen LogP contribution in [0.4, 0.5) is 11.4 Å². The molecule has 1 aromatic heterocycles. The van der Waals surface area contributed by atoms with Gasteiger partial charge in [-0.2, -0.15) is 0 Å². The third-order valence-corrected chi connectivity index (χ3v) is 5.09. The van der Waals surface area contributed by atoms with Crippen LogP contribution >= 0.6 is 0 Å². The molecule has 0 spiro atoms. The highest BCUT2D eigenvalue weighted by Crippen LogP contribution is 2.22. The van der Waals surface area contributed by atoms with Crippen LogP contribution in [0.5, 0.6) is 5.75 Å². The summed E-state index contributed by atoms with van der Waals surface area (Å²) in [6, 6.07) is 21.5. The molecule has 0 saturated heterocycles. The summed E-state index contributed by atoms with van der Waals surface area (Å²) in [7, 11) is 1.59. The fourth-order valence-corrected chi connectivity index (χ4v) is 3.44. The fourth-order valence-electron chi connectivity index (χ4n) is 3.44. The zero-order chi connectivity index (χ0) is 22.7. The maximum absolute atomic E-state index is 13.0. The number of ether oxygens (including phenoxy) is 1. The third kappa shape index (κ3) is 4.59. The molecular formula is C26H23N3O3. The van der Waals surface area contributed by atoms with Crippen molar-refractivity contribution in [3.8, 4) is 5.75 Å². The van der Waals surface area contributed by atoms with Gasteiger partial charge in [-0.05, 0) is 80.6 Å². The van der Waals surface area contributed by atoms with Gasteiger partial charge in [0.1, 0.15) is 5.75 Å². The van der Waals surface area contributed by atoms with E-state index in [0.29, 0.717) is 22.5 Å². The largest absolute Gasteiger partial charge is 0.497 e. The quantitative estimate of drug-likeness (QED) is 0.451. The molecule has 0 unspecified atom stereocenters. The summed E-state index contributed by atoms with van der Waals surface area (Å²) in [6.07, 6.45) is 0. The summed E-state index contributed by atoms with van der Waals surface area (Å²) in [6.45, 7) is 3.85. The lowest BCUT2D eigenvalue weighted by molar-refractivity contribution is 0.102. The van der Waals surface area contributed by atoms with Crippen molar-refractivity contribution in [2.24, 2.45) is 0 Å². The number of rotatable bonds is 5. The number of pyridine rings is 1. The van der Waals surface area contributed by atoms with Crippen molar-refractivity contribution in [1.82, 2.24) is 4.98 Å². The predicted octanol–water partition coefficient (Wildman–Crippen LogP) is 5.36. The number of anilines is 2. The van der Waals surface area contributed by atoms with E-state index in [0.717, 1.165) is 27.9 Å². The SMILES string of the molecule is COc1ccc(NC(=O)c2ccc(NC(=O)c3cc(C)nc4ccc(C)cc34)cc2)cc1. The molecule has 2 N–H and O–H groups in total. The first-order valence-corrected chi connectivity index (χ1v) is 10.2. The molecule has 1 heterocycles. The normalized spacial score (nSPS) is 10.6. The second-order valence-corrected chi connectivity index (χ2v) is 7.55. The van der Waals surface area contributed by atoms with Crippen molar-refractivity contribution >= 4 is 34.1 Å². The summed E-state index contributed by atoms with van der Waals surface area (Å²) in [5, 5.41) is 6.56. The van der Waals surface area contributed by atoms with Crippen molar-refractivity contribution in [1.29, 1.82) is 0 Å². The van der Waals surface area contributed by atoms with Gasteiger partial charge >= 0.3 is 0 Å². The molecule has 32 heavy (non-hydrogen) atoms. The third-order valence-electron chi connectivity index (χ3n) is 5.09. The standard InChI is InChI=1S/C26H23N3O3/c1-16-4-13-24-22(14-16)23(15-17(2)27-24)26(31)29-19-7-5-18(6-8-19)25(30)28-20-9-11-21(32-3)12-10-20/h4-15H,1-3H3,(H,28,30)(H,29,31). The number of nitrogens with one attached hydrogen (secondary N) is 2. The van der Waals surface area contributed by atoms with Crippen LogP contribution in [0, 0.1) is 13.8 Å². The van der Waals surface area contributed by atoms with Crippen molar-refractivity contribution in [2.75, 3.05) is 17.7 Å². The minimum atomic E-state index is -0.237. The lowest BCUT2D eigenvalue weighted by Crippen LogP contribution is -2.14. The highest BCUT2D eigenvalue weighted by atomic mass is 16.5. The van der Waals surface area contributed by atoms with E-state index in [1.54, 1.807) is 61.7 Å². The Balaban J connectivity index is 1.49. The molecule has 0 saturated carbocycles. The zero-order valence-electron chi connectivity index (χ0n) is 18.1. The number of carbonyl (C=O) groups excluding carboxylic acids is 2. The van der Waals surface area contributed by atoms with E-state index in [-0.39, 0.29) is 11.8 Å². The van der Waals surface area contributed by atoms with Gasteiger partial charge in [-0.1, -0.05) is 11.6 Å². The number of hydrogen-bond donors (Lipinski definition) is 2. The molecule has 0 aliphatic rings. The number of carbonyl (C=O) groups is 2. The number of amides is 2. The first-order chi connectivity index (χ1) is 15.4. The number of fused-ring (bicyclic) bond motifs is 1. The van der Waals surface area contributed by atoms with Crippen LogP contribution in [0.15, 0.2) is 72.8 Å². The minimum absolute atomic E-state index is 0.221. The number of aromatic nitrogens is 1. The molecule has 2 amide bonds. The average molecular weight is 425 g/mol. The lowest BCUT2D eigenvalue weighted by Gasteiger charge is -2.11. The minimum Gasteiger partial charge on any atom is -0.497 e. The van der Waals surface area contributed by atoms with Gasteiger partial charge in [0.2, 0.25) is 0 Å². The van der Waals surface area contributed by atoms with E-state index in [2.05, 4.69) is 15.6 Å². The van der Waals surface area contributed by atoms with Crippen molar-refractivity contribution in [2.45, 2.75) is 13.8 Å². The van der Waals surface area contributed by atoms with Gasteiger partial charge < -0.3 is 15.4 Å². The summed E-state index contributed by atoms with van der Waals surface area (Å²) in [5.41, 5.74) is 4.94. The number of aryl methyl sites for hydroxylation is 2. The highest BCUT2D eigenvalue weighted by Gasteiger charge is 2.13. The fraction of sp³-hybridized carbons (Fsp3) is 0.115. The van der Waals surface area contributed by atoms with E-state index >= 15 is 0 Å². The maximum Gasteiger partial charge on any atom is 0.256 e. The molecule has 0 aliphatic heterocycles. The van der Waals surface area contributed by atoms with Gasteiger partial charge in [0.15, 0.2) is 0 Å². The van der Waals surface area contributed by atoms with Crippen molar-refractivity contribution < 1.29 is 14.3 Å². The van der Waals surface area contributed by atoms with E-state index in [1.165, 1.54) is 0 Å². The van der Waals surface area contributed by atoms with Gasteiger partial charge in [-0.3, -0.25) is 14.6 Å². The van der Waals surface area contributed by atoms with Gasteiger partial charge in [-0.25, -0.2) is 0 Å². The lowest BCUT2D eigenvalue weighted by atomic mass is 10.0. The zero-order valence-corrected chi connectivity index (χ0v) is 18.1. The van der Waals surface area contributed by atoms with Crippen LogP contribution in [0.3, 0.4) is 0 Å². The second kappa shape index (κ2) is 8.89. The van der Waals surface area contributed by atoms with Crippen LogP contribution in [0.1, 0.15) is 32.0 Å². The van der Waals surface area contributed by atoms with E-state index in [4.69, 9.17) is 4.74 Å². The molecule has 0 aliphatic carbocycles. The molecule has 4 aromatic rings. The van der Waals surface area contributed by atoms with Crippen LogP contribution < -0.4 is 15.4 Å². The molecule has 0 atom stereocenters. The smallest absolute Gasteiger partial charge is 0.256 e. The topological polar surface area (TPSA) is 80.3 Å². The summed E-state index contributed by atoms with van der Waals surface area (Å²) in [5.74, 6) is 0.260. The molecular weight excluding hydrogens is 402 g/mol. The van der Waals surface area contributed by atoms with Gasteiger partial charge in [-0.15, -0.1) is 0 Å². The maximum atomic E-state index is 13.0. The molecule has 0 radical (unpaired) electrons. The van der Waals surface area contributed by atoms with E-state index in [9.17, 15) is 9.59 Å². The monoisotopic (exact) mass is 425 g/mol. The molecule has 3 aromatic carbocycles. The number of benzene rings is 3. The molecule has 0 bridgehead atoms. The van der Waals surface area contributed by atoms with E-state index < -0.39 is 0 Å². The summed E-state index contributed by atoms with van der Waals surface area (Å²) < 4.78 is 5.12. The Hall–Kier alpha value is -4.19. The average Bonchev–Trinajstić information content (AvgIpc) is 2.79. The highest BCUT2D eigenvalue weighted by molar-refractivity contribution is 6.12. The Morgan fingerprint density at radius 3 is 2.06 bits per heavy atom. The Bertz CT molecular complexity index is 1300. The van der Waals surface area contributed by atoms with Gasteiger partial charge in [0.25, 0.3) is 11.8 Å². The number of methoxy groups -OCH3 is 1. The molecule has 160 valence electrons. The Labute approximate surface area is 186 Å². The Morgan fingerprint density at radius 2 is 1.41 bits per heavy atom. The van der Waals surface area contributed by atoms with Gasteiger partial charge in [0.05, 0.1) is 18.2 Å². The first-order valence-electron chi connectivity index (χ1n) is 10.2. The number of hydrogen-bond acceptors (Lipinski definition) is 4. The summed E-state index contributed by atoms with van der Waals surface area (Å²) in [4.78, 5) is 30.0. The number of nitrogens with zero attached hydrogens (tertiary/aromatic N) is 1. The van der Waals surface area contributed by atoms with Crippen LogP contribution in [-0.4, -0.2) is 23.9 Å². The van der Waals surface area contributed by atoms with Crippen LogP contribution in [0.25, 0.3) is 10.9 Å². The Kier molecular flexibility index (Phi) is 5.85. The van der Waals surface area contributed by atoms with Crippen molar-refractivity contribution in [3.05, 3.63) is 95.2 Å². The second-order valence-electron chi connectivity index (χ2n) is 7.55. The van der Waals surface area contributed by atoms with E-state index in [1.807, 2.05) is 32.0 Å². The molecule has 0 fully saturated rings. The molecule has 6 nitrogen and oxygen atoms in total. The van der Waals surface area contributed by atoms with Crippen LogP contribution in [-0.2, 0) is 0 Å². The van der Waals surface area contributed by atoms with Crippen molar-refractivity contribution in [3.63, 3.8) is 0 Å². The Morgan fingerprint density at radius 1 is 0.781 bits per heavy atom. The van der Waals surface area contributed by atoms with Crippen LogP contribution in [0.2, 0.25) is 0 Å². The summed E-state index contributed by atoms with van der Waals surface area (Å²) >= 11 is 0. The molecule has 4 rings (SSSR count). The molecule has 6 heteroatoms.